The zero-order chi connectivity index (χ0) is 19.8. The monoisotopic (exact) mass is 405 g/mol. The van der Waals surface area contributed by atoms with Crippen LogP contribution in [-0.4, -0.2) is 33.4 Å². The Morgan fingerprint density at radius 1 is 1.00 bits per heavy atom. The molecule has 0 spiro atoms. The van der Waals surface area contributed by atoms with Gasteiger partial charge in [0.1, 0.15) is 5.25 Å². The molecule has 5 nitrogen and oxygen atoms in total. The number of hydrogen-bond donors (Lipinski definition) is 0. The van der Waals surface area contributed by atoms with Crippen LogP contribution in [0.3, 0.4) is 0 Å². The molecule has 2 fully saturated rings. The van der Waals surface area contributed by atoms with Gasteiger partial charge in [-0.3, -0.25) is 14.2 Å². The molecule has 2 aliphatic rings. The topological polar surface area (TPSA) is 55.2 Å². The number of para-hydroxylation sites is 1. The number of carbonyl (C=O) groups is 1. The Balaban J connectivity index is 1.60. The van der Waals surface area contributed by atoms with Crippen LogP contribution in [0.1, 0.15) is 42.5 Å². The van der Waals surface area contributed by atoms with Crippen molar-refractivity contribution in [1.82, 2.24) is 14.5 Å². The van der Waals surface area contributed by atoms with Gasteiger partial charge in [-0.25, -0.2) is 4.98 Å². The largest absolute Gasteiger partial charge is 0.341 e. The van der Waals surface area contributed by atoms with Gasteiger partial charge in [0.15, 0.2) is 5.16 Å². The molecule has 5 rings (SSSR count). The Morgan fingerprint density at radius 3 is 2.41 bits per heavy atom. The second kappa shape index (κ2) is 7.67. The van der Waals surface area contributed by atoms with Crippen LogP contribution in [0.2, 0.25) is 0 Å². The van der Waals surface area contributed by atoms with E-state index in [1.807, 2.05) is 64.1 Å². The number of rotatable bonds is 5. The van der Waals surface area contributed by atoms with E-state index in [9.17, 15) is 9.59 Å². The van der Waals surface area contributed by atoms with E-state index >= 15 is 0 Å². The fourth-order valence-electron chi connectivity index (χ4n) is 3.96. The Labute approximate surface area is 173 Å². The second-order valence-electron chi connectivity index (χ2n) is 7.76. The zero-order valence-corrected chi connectivity index (χ0v) is 17.0. The summed E-state index contributed by atoms with van der Waals surface area (Å²) < 4.78 is 1.82. The quantitative estimate of drug-likeness (QED) is 0.472. The first-order valence-corrected chi connectivity index (χ1v) is 11.1. The number of benzene rings is 2. The number of thioether (sulfide) groups is 1. The molecule has 1 aliphatic heterocycles. The van der Waals surface area contributed by atoms with Gasteiger partial charge in [0.05, 0.1) is 10.9 Å². The standard InChI is InChI=1S/C23H23N3O2S/c27-21-18-10-4-5-11-19(18)24-23(26(21)17-12-13-17)29-20(16-8-2-1-3-9-16)22(28)25-14-6-7-15-25/h1-5,8-11,17,20H,6-7,12-15H2. The maximum absolute atomic E-state index is 13.4. The maximum Gasteiger partial charge on any atom is 0.262 e. The fraction of sp³-hybridized carbons (Fsp3) is 0.348. The summed E-state index contributed by atoms with van der Waals surface area (Å²) >= 11 is 1.42. The Morgan fingerprint density at radius 2 is 1.69 bits per heavy atom. The first-order chi connectivity index (χ1) is 14.2. The fourth-order valence-corrected chi connectivity index (χ4v) is 5.21. The summed E-state index contributed by atoms with van der Waals surface area (Å²) in [5.74, 6) is 0.114. The molecule has 1 aliphatic carbocycles. The lowest BCUT2D eigenvalue weighted by Crippen LogP contribution is -2.32. The third-order valence-electron chi connectivity index (χ3n) is 5.66. The minimum Gasteiger partial charge on any atom is -0.341 e. The molecule has 148 valence electrons. The Kier molecular flexibility index (Phi) is 4.87. The van der Waals surface area contributed by atoms with Crippen LogP contribution in [0.5, 0.6) is 0 Å². The molecule has 0 N–H and O–H groups in total. The first-order valence-electron chi connectivity index (χ1n) is 10.2. The second-order valence-corrected chi connectivity index (χ2v) is 8.83. The molecule has 1 unspecified atom stereocenters. The summed E-state index contributed by atoms with van der Waals surface area (Å²) in [4.78, 5) is 33.4. The lowest BCUT2D eigenvalue weighted by Gasteiger charge is -2.24. The summed E-state index contributed by atoms with van der Waals surface area (Å²) in [6.45, 7) is 1.62. The van der Waals surface area contributed by atoms with Gasteiger partial charge in [0, 0.05) is 19.1 Å². The molecule has 1 saturated heterocycles. The van der Waals surface area contributed by atoms with Crippen LogP contribution in [0.4, 0.5) is 0 Å². The highest BCUT2D eigenvalue weighted by Gasteiger charge is 2.33. The normalized spacial score (nSPS) is 17.6. The average molecular weight is 406 g/mol. The lowest BCUT2D eigenvalue weighted by molar-refractivity contribution is -0.129. The molecule has 6 heteroatoms. The van der Waals surface area contributed by atoms with Crippen LogP contribution < -0.4 is 5.56 Å². The molecule has 1 saturated carbocycles. The Bertz CT molecular complexity index is 1100. The van der Waals surface area contributed by atoms with Crippen molar-refractivity contribution in [2.24, 2.45) is 0 Å². The van der Waals surface area contributed by atoms with E-state index in [0.717, 1.165) is 44.3 Å². The van der Waals surface area contributed by atoms with E-state index in [0.29, 0.717) is 16.1 Å². The third kappa shape index (κ3) is 3.57. The van der Waals surface area contributed by atoms with Gasteiger partial charge in [-0.05, 0) is 43.4 Å². The number of hydrogen-bond acceptors (Lipinski definition) is 4. The van der Waals surface area contributed by atoms with Crippen molar-refractivity contribution in [3.63, 3.8) is 0 Å². The van der Waals surface area contributed by atoms with Gasteiger partial charge in [-0.15, -0.1) is 0 Å². The number of amides is 1. The van der Waals surface area contributed by atoms with Gasteiger partial charge in [0.25, 0.3) is 5.56 Å². The summed E-state index contributed by atoms with van der Waals surface area (Å²) in [5, 5.41) is 0.899. The molecule has 3 aromatic rings. The lowest BCUT2D eigenvalue weighted by atomic mass is 10.1. The molecule has 2 aromatic carbocycles. The molecule has 1 amide bonds. The van der Waals surface area contributed by atoms with Crippen molar-refractivity contribution in [2.75, 3.05) is 13.1 Å². The van der Waals surface area contributed by atoms with Gasteiger partial charge >= 0.3 is 0 Å². The molecule has 1 aromatic heterocycles. The predicted molar refractivity (Wildman–Crippen MR) is 115 cm³/mol. The van der Waals surface area contributed by atoms with E-state index in [1.165, 1.54) is 11.8 Å². The maximum atomic E-state index is 13.4. The van der Waals surface area contributed by atoms with Gasteiger partial charge in [-0.2, -0.15) is 0 Å². The first kappa shape index (κ1) is 18.4. The van der Waals surface area contributed by atoms with E-state index in [4.69, 9.17) is 4.98 Å². The summed E-state index contributed by atoms with van der Waals surface area (Å²) in [5.41, 5.74) is 1.65. The van der Waals surface area contributed by atoms with Crippen LogP contribution in [0, 0.1) is 0 Å². The van der Waals surface area contributed by atoms with Crippen molar-refractivity contribution < 1.29 is 4.79 Å². The molecular formula is C23H23N3O2S. The van der Waals surface area contributed by atoms with Gasteiger partial charge in [-0.1, -0.05) is 54.2 Å². The molecule has 0 radical (unpaired) electrons. The van der Waals surface area contributed by atoms with Crippen LogP contribution in [-0.2, 0) is 4.79 Å². The molecule has 29 heavy (non-hydrogen) atoms. The molecule has 0 bridgehead atoms. The zero-order valence-electron chi connectivity index (χ0n) is 16.2. The van der Waals surface area contributed by atoms with E-state index in [1.54, 1.807) is 0 Å². The molecule has 1 atom stereocenters. The predicted octanol–water partition coefficient (Wildman–Crippen LogP) is 4.19. The van der Waals surface area contributed by atoms with Crippen molar-refractivity contribution in [2.45, 2.75) is 42.1 Å². The Hall–Kier alpha value is -2.60. The highest BCUT2D eigenvalue weighted by Crippen LogP contribution is 2.41. The van der Waals surface area contributed by atoms with E-state index in [-0.39, 0.29) is 17.5 Å². The minimum absolute atomic E-state index is 0.000957. The van der Waals surface area contributed by atoms with Crippen LogP contribution in [0.25, 0.3) is 10.9 Å². The SMILES string of the molecule is O=C(C(Sc1nc2ccccc2c(=O)n1C1CC1)c1ccccc1)N1CCCC1. The third-order valence-corrected chi connectivity index (χ3v) is 6.86. The summed E-state index contributed by atoms with van der Waals surface area (Å²) in [6, 6.07) is 17.5. The van der Waals surface area contributed by atoms with E-state index < -0.39 is 5.25 Å². The van der Waals surface area contributed by atoms with Crippen molar-refractivity contribution >= 4 is 28.6 Å². The van der Waals surface area contributed by atoms with Crippen molar-refractivity contribution in [1.29, 1.82) is 0 Å². The molecule has 2 heterocycles. The number of carbonyl (C=O) groups excluding carboxylic acids is 1. The van der Waals surface area contributed by atoms with Crippen molar-refractivity contribution in [3.8, 4) is 0 Å². The van der Waals surface area contributed by atoms with Crippen LogP contribution >= 0.6 is 11.8 Å². The smallest absolute Gasteiger partial charge is 0.262 e. The number of fused-ring (bicyclic) bond motifs is 1. The summed E-state index contributed by atoms with van der Waals surface area (Å²) in [6.07, 6.45) is 4.09. The molecular weight excluding hydrogens is 382 g/mol. The summed E-state index contributed by atoms with van der Waals surface area (Å²) in [7, 11) is 0. The number of likely N-dealkylation sites (tertiary alicyclic amines) is 1. The van der Waals surface area contributed by atoms with Gasteiger partial charge < -0.3 is 4.90 Å². The minimum atomic E-state index is -0.396. The van der Waals surface area contributed by atoms with Crippen LogP contribution in [0.15, 0.2) is 64.5 Å². The number of aromatic nitrogens is 2. The highest BCUT2D eigenvalue weighted by molar-refractivity contribution is 8.00. The van der Waals surface area contributed by atoms with Gasteiger partial charge in [0.2, 0.25) is 5.91 Å². The number of nitrogens with zero attached hydrogens (tertiary/aromatic N) is 3. The van der Waals surface area contributed by atoms with Crippen molar-refractivity contribution in [3.05, 3.63) is 70.5 Å². The highest BCUT2D eigenvalue weighted by atomic mass is 32.2. The average Bonchev–Trinajstić information content (AvgIpc) is 3.43. The van der Waals surface area contributed by atoms with E-state index in [2.05, 4.69) is 0 Å².